The maximum absolute atomic E-state index is 12.6. The molecule has 6 nitrogen and oxygen atoms in total. The topological polar surface area (TPSA) is 81.4 Å². The van der Waals surface area contributed by atoms with Crippen LogP contribution in [0, 0.1) is 0 Å². The van der Waals surface area contributed by atoms with Crippen LogP contribution in [-0.2, 0) is 28.4 Å². The third-order valence-electron chi connectivity index (χ3n) is 3.95. The van der Waals surface area contributed by atoms with Crippen molar-refractivity contribution in [2.24, 2.45) is 0 Å². The van der Waals surface area contributed by atoms with Gasteiger partial charge in [0.1, 0.15) is 10.6 Å². The average Bonchev–Trinajstić information content (AvgIpc) is 3.02. The molecule has 130 valence electrons. The first-order valence-corrected chi connectivity index (χ1v) is 9.46. The summed E-state index contributed by atoms with van der Waals surface area (Å²) in [5, 5.41) is 4.00. The fraction of sp³-hybridized carbons (Fsp3) is 0.471. The summed E-state index contributed by atoms with van der Waals surface area (Å²) in [5.41, 5.74) is 1.57. The number of benzene rings is 1. The molecule has 0 fully saturated rings. The maximum Gasteiger partial charge on any atom is 0.244 e. The molecule has 0 atom stereocenters. The predicted molar refractivity (Wildman–Crippen MR) is 89.5 cm³/mol. The van der Waals surface area contributed by atoms with E-state index >= 15 is 0 Å². The second-order valence-electron chi connectivity index (χ2n) is 6.95. The van der Waals surface area contributed by atoms with Gasteiger partial charge in [0.05, 0.1) is 18.8 Å². The number of nitrogens with zero attached hydrogens (tertiary/aromatic N) is 1. The lowest BCUT2D eigenvalue weighted by Crippen LogP contribution is -2.25. The molecule has 0 unspecified atom stereocenters. The predicted octanol–water partition coefficient (Wildman–Crippen LogP) is 2.78. The first kappa shape index (κ1) is 17.0. The van der Waals surface area contributed by atoms with Gasteiger partial charge in [-0.25, -0.2) is 13.1 Å². The fourth-order valence-corrected chi connectivity index (χ4v) is 3.74. The minimum atomic E-state index is -3.69. The highest BCUT2D eigenvalue weighted by molar-refractivity contribution is 7.89. The Hall–Kier alpha value is -1.86. The zero-order valence-electron chi connectivity index (χ0n) is 14.1. The van der Waals surface area contributed by atoms with Crippen LogP contribution in [0.4, 0.5) is 0 Å². The van der Waals surface area contributed by atoms with Crippen LogP contribution in [0.1, 0.15) is 44.2 Å². The Morgan fingerprint density at radius 2 is 2.08 bits per heavy atom. The third kappa shape index (κ3) is 3.47. The van der Waals surface area contributed by atoms with Gasteiger partial charge in [-0.05, 0) is 24.5 Å². The van der Waals surface area contributed by atoms with Crippen LogP contribution in [0.5, 0.6) is 5.75 Å². The van der Waals surface area contributed by atoms with Gasteiger partial charge in [-0.15, -0.1) is 0 Å². The average molecular weight is 350 g/mol. The smallest absolute Gasteiger partial charge is 0.244 e. The van der Waals surface area contributed by atoms with Crippen LogP contribution in [0.3, 0.4) is 0 Å². The number of rotatable bonds is 4. The van der Waals surface area contributed by atoms with E-state index in [0.717, 1.165) is 24.1 Å². The first-order valence-electron chi connectivity index (χ1n) is 7.98. The monoisotopic (exact) mass is 350 g/mol. The van der Waals surface area contributed by atoms with Crippen molar-refractivity contribution in [2.75, 3.05) is 6.61 Å². The lowest BCUT2D eigenvalue weighted by molar-refractivity contribution is 0.280. The van der Waals surface area contributed by atoms with Gasteiger partial charge in [-0.1, -0.05) is 38.1 Å². The van der Waals surface area contributed by atoms with Gasteiger partial charge < -0.3 is 9.26 Å². The molecule has 0 amide bonds. The highest BCUT2D eigenvalue weighted by Crippen LogP contribution is 2.32. The Bertz CT molecular complexity index is 835. The number of fused-ring (bicyclic) bond motifs is 1. The van der Waals surface area contributed by atoms with Crippen molar-refractivity contribution in [2.45, 2.75) is 50.5 Å². The first-order chi connectivity index (χ1) is 11.3. The van der Waals surface area contributed by atoms with Crippen molar-refractivity contribution in [3.8, 4) is 5.75 Å². The van der Waals surface area contributed by atoms with E-state index in [-0.39, 0.29) is 16.9 Å². The normalized spacial score (nSPS) is 15.0. The number of nitrogens with one attached hydrogen (secondary N) is 1. The number of hydrogen-bond donors (Lipinski definition) is 1. The SMILES string of the molecule is CC(C)(C)c1cc(CNS(=O)(=O)c2cccc3c2OCCC3)on1. The molecule has 2 aromatic rings. The summed E-state index contributed by atoms with van der Waals surface area (Å²) in [5.74, 6) is 0.943. The van der Waals surface area contributed by atoms with E-state index in [1.165, 1.54) is 0 Å². The van der Waals surface area contributed by atoms with Gasteiger partial charge in [-0.3, -0.25) is 0 Å². The molecule has 0 aliphatic carbocycles. The number of ether oxygens (including phenoxy) is 1. The highest BCUT2D eigenvalue weighted by Gasteiger charge is 2.25. The van der Waals surface area contributed by atoms with Crippen molar-refractivity contribution in [3.63, 3.8) is 0 Å². The van der Waals surface area contributed by atoms with Crippen molar-refractivity contribution >= 4 is 10.0 Å². The standard InChI is InChI=1S/C17H22N2O4S/c1-17(2,3)15-10-13(23-19-15)11-18-24(20,21)14-8-4-6-12-7-5-9-22-16(12)14/h4,6,8,10,18H,5,7,9,11H2,1-3H3. The van der Waals surface area contributed by atoms with Gasteiger partial charge in [0, 0.05) is 11.5 Å². The largest absolute Gasteiger partial charge is 0.492 e. The van der Waals surface area contributed by atoms with Gasteiger partial charge in [0.15, 0.2) is 5.76 Å². The third-order valence-corrected chi connectivity index (χ3v) is 5.38. The van der Waals surface area contributed by atoms with Gasteiger partial charge in [0.25, 0.3) is 0 Å². The number of sulfonamides is 1. The minimum absolute atomic E-state index is 0.0507. The minimum Gasteiger partial charge on any atom is -0.492 e. The van der Waals surface area contributed by atoms with E-state index in [1.54, 1.807) is 18.2 Å². The molecule has 3 rings (SSSR count). The van der Waals surface area contributed by atoms with Gasteiger partial charge in [-0.2, -0.15) is 0 Å². The van der Waals surface area contributed by atoms with Crippen LogP contribution in [0.15, 0.2) is 33.7 Å². The molecule has 7 heteroatoms. The molecule has 1 aliphatic heterocycles. The fourth-order valence-electron chi connectivity index (χ4n) is 2.56. The second-order valence-corrected chi connectivity index (χ2v) is 8.68. The molecule has 0 bridgehead atoms. The molecule has 1 aromatic carbocycles. The molecule has 24 heavy (non-hydrogen) atoms. The summed E-state index contributed by atoms with van der Waals surface area (Å²) < 4.78 is 38.6. The Morgan fingerprint density at radius 1 is 1.29 bits per heavy atom. The highest BCUT2D eigenvalue weighted by atomic mass is 32.2. The molecular weight excluding hydrogens is 328 g/mol. The summed E-state index contributed by atoms with van der Waals surface area (Å²) in [6.45, 7) is 6.65. The Labute approximate surface area is 142 Å². The van der Waals surface area contributed by atoms with E-state index in [9.17, 15) is 8.42 Å². The van der Waals surface area contributed by atoms with E-state index in [1.807, 2.05) is 26.8 Å². The maximum atomic E-state index is 12.6. The Balaban J connectivity index is 1.79. The van der Waals surface area contributed by atoms with Crippen molar-refractivity contribution in [3.05, 3.63) is 41.3 Å². The van der Waals surface area contributed by atoms with E-state index in [0.29, 0.717) is 18.1 Å². The second kappa shape index (κ2) is 6.22. The summed E-state index contributed by atoms with van der Waals surface area (Å²) in [4.78, 5) is 0.176. The van der Waals surface area contributed by atoms with Crippen LogP contribution in [0.25, 0.3) is 0 Å². The van der Waals surface area contributed by atoms with Crippen molar-refractivity contribution in [1.82, 2.24) is 9.88 Å². The molecule has 1 aromatic heterocycles. The summed E-state index contributed by atoms with van der Waals surface area (Å²) in [7, 11) is -3.69. The zero-order valence-corrected chi connectivity index (χ0v) is 14.9. The quantitative estimate of drug-likeness (QED) is 0.917. The van der Waals surface area contributed by atoms with Crippen LogP contribution in [-0.4, -0.2) is 20.2 Å². The summed E-state index contributed by atoms with van der Waals surface area (Å²) >= 11 is 0. The van der Waals surface area contributed by atoms with Crippen molar-refractivity contribution < 1.29 is 17.7 Å². The molecular formula is C17H22N2O4S. The molecule has 2 heterocycles. The van der Waals surface area contributed by atoms with Gasteiger partial charge >= 0.3 is 0 Å². The van der Waals surface area contributed by atoms with E-state index in [4.69, 9.17) is 9.26 Å². The lowest BCUT2D eigenvalue weighted by Gasteiger charge is -2.20. The molecule has 1 aliphatic rings. The zero-order chi connectivity index (χ0) is 17.4. The molecule has 0 saturated heterocycles. The number of aromatic nitrogens is 1. The number of para-hydroxylation sites is 1. The Kier molecular flexibility index (Phi) is 4.40. The Morgan fingerprint density at radius 3 is 2.79 bits per heavy atom. The summed E-state index contributed by atoms with van der Waals surface area (Å²) in [6, 6.07) is 6.99. The van der Waals surface area contributed by atoms with Gasteiger partial charge in [0.2, 0.25) is 10.0 Å². The molecule has 0 spiro atoms. The summed E-state index contributed by atoms with van der Waals surface area (Å²) in [6.07, 6.45) is 1.73. The van der Waals surface area contributed by atoms with Crippen LogP contribution in [0.2, 0.25) is 0 Å². The van der Waals surface area contributed by atoms with Crippen molar-refractivity contribution in [1.29, 1.82) is 0 Å². The molecule has 0 saturated carbocycles. The number of hydrogen-bond acceptors (Lipinski definition) is 5. The number of aryl methyl sites for hydroxylation is 1. The molecule has 0 radical (unpaired) electrons. The van der Waals surface area contributed by atoms with E-state index in [2.05, 4.69) is 9.88 Å². The molecule has 1 N–H and O–H groups in total. The van der Waals surface area contributed by atoms with E-state index < -0.39 is 10.0 Å². The van der Waals surface area contributed by atoms with Crippen LogP contribution < -0.4 is 9.46 Å². The lowest BCUT2D eigenvalue weighted by atomic mass is 9.92. The van der Waals surface area contributed by atoms with Crippen LogP contribution >= 0.6 is 0 Å².